The van der Waals surface area contributed by atoms with Gasteiger partial charge >= 0.3 is 29.8 Å². The first-order valence-electron chi connectivity index (χ1n) is 35.4. The van der Waals surface area contributed by atoms with Crippen molar-refractivity contribution in [3.8, 4) is 0 Å². The molecule has 14 atom stereocenters. The van der Waals surface area contributed by atoms with Crippen molar-refractivity contribution in [2.24, 2.45) is 23.3 Å². The number of para-hydroxylation sites is 1. The molecule has 14 amide bonds. The zero-order valence-electron chi connectivity index (χ0n) is 61.6. The standard InChI is InChI=1S/C68H102N16O25/c1-8-10-11-12-13-17-34(4)57(96)78-42(24-37-29-71-39-19-15-14-18-38(37)39)63(102)80-43(25-48(70)86)64(103)82-46(28-54(95)108-7)65(104)84-56-36(6)109-68(107)55(33(3)9-2)83-61(100)41(21-22-51(89)90)77-66(105)47(32-85)76-50(88)30-72-59(98)44(26-52(91)92)79-58(97)35(5)74-62(101)45(27-53(93)94)81-60(99)40(20-16-23-69)75-49(87)31-73-67(56)106/h14-15,18-19,29,33-36,40-47,55-56,71,85H,8-13,16-17,20-28,30-32,69H2,1-7H3,(H2,70,86)(H,72,98)(H,73,106)(H,74,101)(H,75,87)(H,76,88)(H,77,105)(H,78,96)(H,79,97)(H,80,102)(H,81,99)(H,82,103)(H,83,100)(H,84,104)(H,89,90)(H,91,92)(H,93,94). The normalized spacial score (nSPS) is 22.0. The van der Waals surface area contributed by atoms with Crippen molar-refractivity contribution in [2.75, 3.05) is 33.4 Å². The number of aromatic nitrogens is 1. The number of H-pyrrole nitrogens is 1. The number of carboxylic acids is 3. The second-order valence-corrected chi connectivity index (χ2v) is 26.1. The van der Waals surface area contributed by atoms with Crippen LogP contribution in [-0.4, -0.2) is 244 Å². The smallest absolute Gasteiger partial charge is 0.329 e. The van der Waals surface area contributed by atoms with Crippen molar-refractivity contribution in [1.82, 2.24) is 74.1 Å². The van der Waals surface area contributed by atoms with E-state index in [1.165, 1.54) is 13.8 Å². The Morgan fingerprint density at radius 1 is 0.596 bits per heavy atom. The maximum Gasteiger partial charge on any atom is 0.329 e. The van der Waals surface area contributed by atoms with E-state index in [1.807, 2.05) is 16.0 Å². The fraction of sp³-hybridized carbons (Fsp3) is 0.603. The number of methoxy groups -OCH3 is 1. The lowest BCUT2D eigenvalue weighted by Crippen LogP contribution is -2.62. The van der Waals surface area contributed by atoms with Crippen LogP contribution >= 0.6 is 0 Å². The average Bonchev–Trinajstić information content (AvgIpc) is 1.73. The number of cyclic esters (lactones) is 1. The number of aliphatic hydroxyl groups is 1. The van der Waals surface area contributed by atoms with Gasteiger partial charge in [-0.2, -0.15) is 0 Å². The van der Waals surface area contributed by atoms with Gasteiger partial charge in [-0.15, -0.1) is 0 Å². The van der Waals surface area contributed by atoms with Gasteiger partial charge in [0.05, 0.1) is 52.5 Å². The molecule has 0 spiro atoms. The van der Waals surface area contributed by atoms with Crippen LogP contribution in [-0.2, 0) is 107 Å². The number of carbonyl (C=O) groups is 19. The van der Waals surface area contributed by atoms with Crippen LogP contribution in [0.15, 0.2) is 30.5 Å². The summed E-state index contributed by atoms with van der Waals surface area (Å²) in [4.78, 5) is 261. The predicted molar refractivity (Wildman–Crippen MR) is 380 cm³/mol. The Morgan fingerprint density at radius 3 is 1.72 bits per heavy atom. The highest BCUT2D eigenvalue weighted by atomic mass is 16.5. The topological polar surface area (TPSA) is 648 Å². The molecule has 1 aliphatic rings. The zero-order valence-corrected chi connectivity index (χ0v) is 61.6. The minimum Gasteiger partial charge on any atom is -0.481 e. The van der Waals surface area contributed by atoms with Gasteiger partial charge in [-0.05, 0) is 63.6 Å². The number of aromatic amines is 1. The van der Waals surface area contributed by atoms with Crippen molar-refractivity contribution >= 4 is 123 Å². The van der Waals surface area contributed by atoms with Crippen molar-refractivity contribution < 1.29 is 121 Å². The number of nitrogens with two attached hydrogens (primary N) is 2. The lowest BCUT2D eigenvalue weighted by molar-refractivity contribution is -0.157. The lowest BCUT2D eigenvalue weighted by Gasteiger charge is -2.30. The third kappa shape index (κ3) is 31.9. The summed E-state index contributed by atoms with van der Waals surface area (Å²) in [7, 11) is 0.890. The van der Waals surface area contributed by atoms with Gasteiger partial charge in [0.1, 0.15) is 72.6 Å². The van der Waals surface area contributed by atoms with E-state index in [0.29, 0.717) is 29.3 Å². The van der Waals surface area contributed by atoms with E-state index in [2.05, 4.69) is 65.1 Å². The van der Waals surface area contributed by atoms with E-state index >= 15 is 0 Å². The number of carbonyl (C=O) groups excluding carboxylic acids is 16. The van der Waals surface area contributed by atoms with Crippen LogP contribution in [0.5, 0.6) is 0 Å². The number of ether oxygens (including phenoxy) is 2. The molecule has 1 saturated heterocycles. The molecule has 14 unspecified atom stereocenters. The first kappa shape index (κ1) is 91.8. The Balaban J connectivity index is 2.22. The summed E-state index contributed by atoms with van der Waals surface area (Å²) >= 11 is 0. The highest BCUT2D eigenvalue weighted by molar-refractivity contribution is 6.02. The van der Waals surface area contributed by atoms with Crippen LogP contribution in [0.4, 0.5) is 0 Å². The molecule has 41 heteroatoms. The number of hydrogen-bond acceptors (Lipinski definition) is 23. The number of carboxylic acid groups (broad SMARTS) is 3. The number of primary amides is 1. The molecule has 0 saturated carbocycles. The summed E-state index contributed by atoms with van der Waals surface area (Å²) in [6.45, 7) is 5.04. The molecule has 1 aromatic heterocycles. The molecule has 2 aromatic rings. The first-order chi connectivity index (χ1) is 51.5. The molecule has 22 N–H and O–H groups in total. The summed E-state index contributed by atoms with van der Waals surface area (Å²) in [6.07, 6.45) is -1.97. The summed E-state index contributed by atoms with van der Waals surface area (Å²) in [5, 5.41) is 68.9. The molecule has 109 heavy (non-hydrogen) atoms. The molecule has 1 fully saturated rings. The Bertz CT molecular complexity index is 3590. The second-order valence-electron chi connectivity index (χ2n) is 26.1. The van der Waals surface area contributed by atoms with Crippen LogP contribution in [0.25, 0.3) is 10.9 Å². The molecule has 41 nitrogen and oxygen atoms in total. The Kier molecular flexibility index (Phi) is 39.3. The number of benzene rings is 1. The molecule has 1 aromatic carbocycles. The number of aliphatic carboxylic acids is 3. The third-order valence-corrected chi connectivity index (χ3v) is 17.4. The van der Waals surface area contributed by atoms with Crippen molar-refractivity contribution in [3.63, 3.8) is 0 Å². The van der Waals surface area contributed by atoms with Gasteiger partial charge in [0.25, 0.3) is 0 Å². The molecule has 604 valence electrons. The monoisotopic (exact) mass is 1540 g/mol. The van der Waals surface area contributed by atoms with Crippen molar-refractivity contribution in [3.05, 3.63) is 36.0 Å². The quantitative estimate of drug-likeness (QED) is 0.0234. The number of esters is 2. The SMILES string of the molecule is CCCCCCCC(C)C(=O)NC(Cc1c[nH]c2ccccc12)C(=O)NC(CC(N)=O)C(=O)NC(CC(=O)OC)C(=O)NC1C(=O)NCC(=O)NC(CCCN)C(=O)NC(CC(=O)O)C(=O)NC(C)C(=O)NC(CC(=O)O)C(=O)NCC(=O)NC(CO)C(=O)NC(CCC(=O)O)C(=O)NC(C(C)CC)C(=O)OC1C. The van der Waals surface area contributed by atoms with E-state index < -0.39 is 255 Å². The molecule has 0 aliphatic carbocycles. The number of nitrogens with one attached hydrogen (secondary N) is 14. The average molecular weight is 1540 g/mol. The zero-order chi connectivity index (χ0) is 81.8. The molecule has 0 bridgehead atoms. The fourth-order valence-corrected chi connectivity index (χ4v) is 10.9. The van der Waals surface area contributed by atoms with Crippen molar-refractivity contribution in [1.29, 1.82) is 0 Å². The van der Waals surface area contributed by atoms with Crippen molar-refractivity contribution in [2.45, 2.75) is 217 Å². The van der Waals surface area contributed by atoms with Gasteiger partial charge in [-0.25, -0.2) is 4.79 Å². The van der Waals surface area contributed by atoms with Gasteiger partial charge in [-0.1, -0.05) is 84.4 Å². The number of unbranched alkanes of at least 4 members (excludes halogenated alkanes) is 4. The highest BCUT2D eigenvalue weighted by Gasteiger charge is 2.41. The molecule has 0 radical (unpaired) electrons. The van der Waals surface area contributed by atoms with Gasteiger partial charge in [0, 0.05) is 35.9 Å². The fourth-order valence-electron chi connectivity index (χ4n) is 10.9. The maximum atomic E-state index is 14.8. The lowest BCUT2D eigenvalue weighted by atomic mass is 9.98. The van der Waals surface area contributed by atoms with Crippen LogP contribution in [0.3, 0.4) is 0 Å². The van der Waals surface area contributed by atoms with Gasteiger partial charge < -0.3 is 115 Å². The highest BCUT2D eigenvalue weighted by Crippen LogP contribution is 2.21. The number of amides is 14. The number of hydrogen-bond donors (Lipinski definition) is 20. The minimum absolute atomic E-state index is 0.0235. The Hall–Kier alpha value is -11.4. The van der Waals surface area contributed by atoms with Gasteiger partial charge in [0.15, 0.2) is 0 Å². The summed E-state index contributed by atoms with van der Waals surface area (Å²) in [6, 6.07) is -14.1. The number of aliphatic hydroxyl groups excluding tert-OH is 1. The van der Waals surface area contributed by atoms with Gasteiger partial charge in [0.2, 0.25) is 82.7 Å². The van der Waals surface area contributed by atoms with Crippen LogP contribution < -0.4 is 80.6 Å². The van der Waals surface area contributed by atoms with E-state index in [-0.39, 0.29) is 32.2 Å². The summed E-state index contributed by atoms with van der Waals surface area (Å²) in [5.41, 5.74) is 12.6. The second kappa shape index (κ2) is 46.6. The molecule has 3 rings (SSSR count). The summed E-state index contributed by atoms with van der Waals surface area (Å²) in [5.74, 6) is -26.5. The van der Waals surface area contributed by atoms with E-state index in [4.69, 9.17) is 20.9 Å². The van der Waals surface area contributed by atoms with Crippen LogP contribution in [0.2, 0.25) is 0 Å². The third-order valence-electron chi connectivity index (χ3n) is 17.4. The Morgan fingerprint density at radius 2 is 1.13 bits per heavy atom. The Labute approximate surface area is 626 Å². The maximum absolute atomic E-state index is 14.8. The predicted octanol–water partition coefficient (Wildman–Crippen LogP) is -5.73. The van der Waals surface area contributed by atoms with E-state index in [0.717, 1.165) is 46.6 Å². The molecule has 1 aliphatic heterocycles. The molecular formula is C68H102N16O25. The minimum atomic E-state index is -2.27. The first-order valence-corrected chi connectivity index (χ1v) is 35.4. The number of rotatable bonds is 33. The van der Waals surface area contributed by atoms with E-state index in [9.17, 15) is 112 Å². The van der Waals surface area contributed by atoms with E-state index in [1.54, 1.807) is 37.4 Å². The molecule has 2 heterocycles. The summed E-state index contributed by atoms with van der Waals surface area (Å²) < 4.78 is 10.5. The largest absolute Gasteiger partial charge is 0.481 e. The van der Waals surface area contributed by atoms with Crippen LogP contribution in [0.1, 0.15) is 143 Å². The molecular weight excluding hydrogens is 1440 g/mol. The van der Waals surface area contributed by atoms with Crippen LogP contribution in [0, 0.1) is 11.8 Å². The number of fused-ring (bicyclic) bond motifs is 1. The van der Waals surface area contributed by atoms with Gasteiger partial charge in [-0.3, -0.25) is 86.3 Å².